The molecule has 1 heterocycles. The van der Waals surface area contributed by atoms with Gasteiger partial charge in [0.2, 0.25) is 0 Å². The third-order valence-corrected chi connectivity index (χ3v) is 8.85. The SMILES string of the molecule is ClCCCCCCCCCCC=CCCCCCCCCCCC=CCCCCCCCCCCCC1OCCO1. The number of hydrogen-bond donors (Lipinski definition) is 0. The van der Waals surface area contributed by atoms with Crippen molar-refractivity contribution in [3.8, 4) is 0 Å². The van der Waals surface area contributed by atoms with Crippen LogP contribution in [0.25, 0.3) is 0 Å². The lowest BCUT2D eigenvalue weighted by molar-refractivity contribution is -0.0480. The summed E-state index contributed by atoms with van der Waals surface area (Å²) >= 11 is 5.72. The molecule has 0 aromatic heterocycles. The molecule has 0 atom stereocenters. The van der Waals surface area contributed by atoms with Gasteiger partial charge in [0, 0.05) is 5.88 Å². The van der Waals surface area contributed by atoms with Crippen molar-refractivity contribution in [2.45, 2.75) is 199 Å². The van der Waals surface area contributed by atoms with Crippen LogP contribution in [0, 0.1) is 0 Å². The van der Waals surface area contributed by atoms with E-state index in [4.69, 9.17) is 21.1 Å². The highest BCUT2D eigenvalue weighted by atomic mass is 35.5. The smallest absolute Gasteiger partial charge is 0.157 e. The molecule has 3 heteroatoms. The van der Waals surface area contributed by atoms with Gasteiger partial charge >= 0.3 is 0 Å². The summed E-state index contributed by atoms with van der Waals surface area (Å²) in [5, 5.41) is 0. The standard InChI is InChI=1S/C38H71ClO2/c39-35-33-31-29-27-25-23-21-19-17-15-13-11-9-7-5-3-1-2-4-6-8-10-12-14-16-18-20-22-24-26-28-30-32-34-38-40-36-37-41-38/h10,12-13,15,38H,1-9,11,14,16-37H2. The highest BCUT2D eigenvalue weighted by Crippen LogP contribution is 2.16. The van der Waals surface area contributed by atoms with E-state index in [0.29, 0.717) is 0 Å². The highest BCUT2D eigenvalue weighted by Gasteiger charge is 2.14. The van der Waals surface area contributed by atoms with Crippen molar-refractivity contribution < 1.29 is 9.47 Å². The first-order valence-electron chi connectivity index (χ1n) is 18.5. The maximum absolute atomic E-state index is 5.72. The quantitative estimate of drug-likeness (QED) is 0.0427. The molecule has 1 aliphatic rings. The molecule has 0 aromatic carbocycles. The van der Waals surface area contributed by atoms with E-state index in [1.54, 1.807) is 0 Å². The second kappa shape index (κ2) is 34.2. The van der Waals surface area contributed by atoms with Gasteiger partial charge in [-0.05, 0) is 70.6 Å². The number of unbranched alkanes of at least 4 members (excludes halogenated alkanes) is 26. The summed E-state index contributed by atoms with van der Waals surface area (Å²) < 4.78 is 11.0. The normalized spacial score (nSPS) is 14.4. The second-order valence-electron chi connectivity index (χ2n) is 12.6. The van der Waals surface area contributed by atoms with Crippen molar-refractivity contribution in [3.05, 3.63) is 24.3 Å². The topological polar surface area (TPSA) is 18.5 Å². The lowest BCUT2D eigenvalue weighted by atomic mass is 10.0. The lowest BCUT2D eigenvalue weighted by Crippen LogP contribution is -2.06. The van der Waals surface area contributed by atoms with Gasteiger partial charge in [-0.3, -0.25) is 0 Å². The van der Waals surface area contributed by atoms with E-state index < -0.39 is 0 Å². The Morgan fingerprint density at radius 3 is 0.951 bits per heavy atom. The maximum atomic E-state index is 5.72. The van der Waals surface area contributed by atoms with Gasteiger partial charge < -0.3 is 9.47 Å². The number of hydrogen-bond acceptors (Lipinski definition) is 2. The third kappa shape index (κ3) is 30.9. The summed E-state index contributed by atoms with van der Waals surface area (Å²) in [6, 6.07) is 0. The van der Waals surface area contributed by atoms with Crippen LogP contribution in [0.2, 0.25) is 0 Å². The van der Waals surface area contributed by atoms with Crippen LogP contribution in [0.15, 0.2) is 24.3 Å². The van der Waals surface area contributed by atoms with Crippen molar-refractivity contribution >= 4 is 11.6 Å². The summed E-state index contributed by atoms with van der Waals surface area (Å²) in [7, 11) is 0. The van der Waals surface area contributed by atoms with Crippen LogP contribution in [-0.4, -0.2) is 25.4 Å². The molecule has 0 aromatic rings. The van der Waals surface area contributed by atoms with Crippen LogP contribution in [0.3, 0.4) is 0 Å². The van der Waals surface area contributed by atoms with Crippen LogP contribution in [0.1, 0.15) is 193 Å². The predicted octanol–water partition coefficient (Wildman–Crippen LogP) is 13.4. The second-order valence-corrected chi connectivity index (χ2v) is 13.0. The Bertz CT molecular complexity index is 540. The van der Waals surface area contributed by atoms with Crippen molar-refractivity contribution in [2.24, 2.45) is 0 Å². The zero-order chi connectivity index (χ0) is 29.2. The van der Waals surface area contributed by atoms with Gasteiger partial charge in [0.25, 0.3) is 0 Å². The largest absolute Gasteiger partial charge is 0.350 e. The fraction of sp³-hybridized carbons (Fsp3) is 0.895. The fourth-order valence-corrected chi connectivity index (χ4v) is 6.05. The Morgan fingerprint density at radius 1 is 0.366 bits per heavy atom. The number of alkyl halides is 1. The zero-order valence-electron chi connectivity index (χ0n) is 27.4. The Morgan fingerprint density at radius 2 is 0.634 bits per heavy atom. The average molecular weight is 595 g/mol. The summed E-state index contributed by atoms with van der Waals surface area (Å²) in [6.07, 6.45) is 50.8. The van der Waals surface area contributed by atoms with Crippen LogP contribution in [0.5, 0.6) is 0 Å². The fourth-order valence-electron chi connectivity index (χ4n) is 5.86. The molecular weight excluding hydrogens is 524 g/mol. The minimum atomic E-state index is 0.101. The lowest BCUT2D eigenvalue weighted by Gasteiger charge is -2.08. The molecule has 41 heavy (non-hydrogen) atoms. The van der Waals surface area contributed by atoms with E-state index >= 15 is 0 Å². The Balaban J connectivity index is 1.65. The van der Waals surface area contributed by atoms with E-state index in [2.05, 4.69) is 24.3 Å². The molecule has 0 amide bonds. The van der Waals surface area contributed by atoms with Gasteiger partial charge in [-0.25, -0.2) is 0 Å². The van der Waals surface area contributed by atoms with Crippen LogP contribution in [0.4, 0.5) is 0 Å². The maximum Gasteiger partial charge on any atom is 0.157 e. The number of halogens is 1. The molecule has 1 fully saturated rings. The van der Waals surface area contributed by atoms with Crippen LogP contribution in [-0.2, 0) is 9.47 Å². The predicted molar refractivity (Wildman–Crippen MR) is 183 cm³/mol. The summed E-state index contributed by atoms with van der Waals surface area (Å²) in [6.45, 7) is 1.58. The van der Waals surface area contributed by atoms with E-state index in [-0.39, 0.29) is 6.29 Å². The molecule has 0 bridgehead atoms. The van der Waals surface area contributed by atoms with Gasteiger partial charge in [0.15, 0.2) is 6.29 Å². The van der Waals surface area contributed by atoms with E-state index in [1.807, 2.05) is 0 Å². The van der Waals surface area contributed by atoms with Gasteiger partial charge in [-0.15, -0.1) is 11.6 Å². The van der Waals surface area contributed by atoms with Crippen molar-refractivity contribution in [3.63, 3.8) is 0 Å². The van der Waals surface area contributed by atoms with Crippen molar-refractivity contribution in [1.82, 2.24) is 0 Å². The Hall–Kier alpha value is -0.310. The van der Waals surface area contributed by atoms with E-state index in [9.17, 15) is 0 Å². The molecule has 0 N–H and O–H groups in total. The van der Waals surface area contributed by atoms with Gasteiger partial charge in [-0.1, -0.05) is 146 Å². The first kappa shape index (κ1) is 38.7. The summed E-state index contributed by atoms with van der Waals surface area (Å²) in [4.78, 5) is 0. The average Bonchev–Trinajstić information content (AvgIpc) is 3.51. The van der Waals surface area contributed by atoms with E-state index in [1.165, 1.54) is 186 Å². The molecule has 0 radical (unpaired) electrons. The molecule has 1 aliphatic heterocycles. The van der Waals surface area contributed by atoms with Gasteiger partial charge in [-0.2, -0.15) is 0 Å². The molecule has 1 saturated heterocycles. The molecule has 0 aliphatic carbocycles. The van der Waals surface area contributed by atoms with Gasteiger partial charge in [0.05, 0.1) is 13.2 Å². The highest BCUT2D eigenvalue weighted by molar-refractivity contribution is 6.17. The first-order chi connectivity index (χ1) is 20.4. The van der Waals surface area contributed by atoms with Crippen LogP contribution < -0.4 is 0 Å². The number of allylic oxidation sites excluding steroid dienone is 4. The Kier molecular flexibility index (Phi) is 32.3. The van der Waals surface area contributed by atoms with Crippen molar-refractivity contribution in [1.29, 1.82) is 0 Å². The summed E-state index contributed by atoms with van der Waals surface area (Å²) in [5.74, 6) is 0.835. The first-order valence-corrected chi connectivity index (χ1v) is 19.1. The zero-order valence-corrected chi connectivity index (χ0v) is 28.2. The molecule has 242 valence electrons. The molecule has 0 saturated carbocycles. The minimum absolute atomic E-state index is 0.101. The molecular formula is C38H71ClO2. The van der Waals surface area contributed by atoms with Crippen molar-refractivity contribution in [2.75, 3.05) is 19.1 Å². The third-order valence-electron chi connectivity index (χ3n) is 8.58. The van der Waals surface area contributed by atoms with Gasteiger partial charge in [0.1, 0.15) is 0 Å². The minimum Gasteiger partial charge on any atom is -0.350 e. The molecule has 0 spiro atoms. The molecule has 2 nitrogen and oxygen atoms in total. The molecule has 0 unspecified atom stereocenters. The number of ether oxygens (including phenoxy) is 2. The van der Waals surface area contributed by atoms with E-state index in [0.717, 1.165) is 25.5 Å². The monoisotopic (exact) mass is 595 g/mol. The molecule has 1 rings (SSSR count). The van der Waals surface area contributed by atoms with Crippen LogP contribution >= 0.6 is 11.6 Å². The summed E-state index contributed by atoms with van der Waals surface area (Å²) in [5.41, 5.74) is 0. The Labute approximate surface area is 262 Å². The number of rotatable bonds is 33.